The van der Waals surface area contributed by atoms with E-state index in [1.165, 1.54) is 19.3 Å². The van der Waals surface area contributed by atoms with E-state index >= 15 is 0 Å². The SMILES string of the molecule is Cn1cc(-c2ccc(Cc3cc4c(=O)n(C5CCCCC5)cnc4c4ccccc34)cn2)cn1. The molecule has 6 nitrogen and oxygen atoms in total. The topological polar surface area (TPSA) is 65.6 Å². The van der Waals surface area contributed by atoms with Gasteiger partial charge >= 0.3 is 0 Å². The molecule has 0 atom stereocenters. The van der Waals surface area contributed by atoms with Crippen LogP contribution >= 0.6 is 0 Å². The van der Waals surface area contributed by atoms with Crippen LogP contribution in [0, 0.1) is 0 Å². The summed E-state index contributed by atoms with van der Waals surface area (Å²) in [7, 11) is 1.90. The lowest BCUT2D eigenvalue weighted by molar-refractivity contribution is 0.345. The maximum absolute atomic E-state index is 13.6. The van der Waals surface area contributed by atoms with Crippen LogP contribution in [0.2, 0.25) is 0 Å². The fraction of sp³-hybridized carbons (Fsp3) is 0.286. The molecule has 0 amide bonds. The van der Waals surface area contributed by atoms with E-state index in [9.17, 15) is 4.79 Å². The number of aromatic nitrogens is 5. The molecule has 1 fully saturated rings. The first-order valence-electron chi connectivity index (χ1n) is 12.0. The smallest absolute Gasteiger partial charge is 0.261 e. The Morgan fingerprint density at radius 2 is 1.76 bits per heavy atom. The molecule has 170 valence electrons. The van der Waals surface area contributed by atoms with Crippen LogP contribution < -0.4 is 5.56 Å². The van der Waals surface area contributed by atoms with Crippen LogP contribution in [0.3, 0.4) is 0 Å². The van der Waals surface area contributed by atoms with Crippen molar-refractivity contribution >= 4 is 21.7 Å². The van der Waals surface area contributed by atoms with Crippen molar-refractivity contribution in [3.63, 3.8) is 0 Å². The summed E-state index contributed by atoms with van der Waals surface area (Å²) in [6.07, 6.45) is 13.9. The zero-order chi connectivity index (χ0) is 23.1. The molecule has 1 saturated carbocycles. The fourth-order valence-corrected chi connectivity index (χ4v) is 5.29. The van der Waals surface area contributed by atoms with E-state index in [4.69, 9.17) is 4.98 Å². The minimum absolute atomic E-state index is 0.0777. The molecule has 3 heterocycles. The Morgan fingerprint density at radius 1 is 0.941 bits per heavy atom. The summed E-state index contributed by atoms with van der Waals surface area (Å²) in [4.78, 5) is 23.0. The third-order valence-electron chi connectivity index (χ3n) is 7.07. The third-order valence-corrected chi connectivity index (χ3v) is 7.07. The van der Waals surface area contributed by atoms with Crippen LogP contribution in [0.4, 0.5) is 0 Å². The molecule has 2 aromatic carbocycles. The molecule has 1 aliphatic rings. The summed E-state index contributed by atoms with van der Waals surface area (Å²) in [6.45, 7) is 0. The van der Waals surface area contributed by atoms with E-state index in [1.807, 2.05) is 48.4 Å². The van der Waals surface area contributed by atoms with Gasteiger partial charge in [-0.1, -0.05) is 49.6 Å². The monoisotopic (exact) mass is 449 g/mol. The van der Waals surface area contributed by atoms with Crippen molar-refractivity contribution in [1.29, 1.82) is 0 Å². The highest BCUT2D eigenvalue weighted by Crippen LogP contribution is 2.30. The van der Waals surface area contributed by atoms with Crippen LogP contribution in [0.1, 0.15) is 49.3 Å². The van der Waals surface area contributed by atoms with Gasteiger partial charge in [-0.15, -0.1) is 0 Å². The quantitative estimate of drug-likeness (QED) is 0.343. The second-order valence-corrected chi connectivity index (χ2v) is 9.36. The Balaban J connectivity index is 1.43. The molecule has 3 aromatic heterocycles. The van der Waals surface area contributed by atoms with Crippen molar-refractivity contribution < 1.29 is 0 Å². The average Bonchev–Trinajstić information content (AvgIpc) is 3.32. The van der Waals surface area contributed by atoms with Gasteiger partial charge in [0.1, 0.15) is 0 Å². The van der Waals surface area contributed by atoms with E-state index in [2.05, 4.69) is 34.3 Å². The predicted molar refractivity (Wildman–Crippen MR) is 135 cm³/mol. The fourth-order valence-electron chi connectivity index (χ4n) is 5.29. The van der Waals surface area contributed by atoms with Crippen LogP contribution in [0.15, 0.2) is 72.2 Å². The van der Waals surface area contributed by atoms with Gasteiger partial charge in [-0.25, -0.2) is 4.98 Å². The molecular weight excluding hydrogens is 422 g/mol. The lowest BCUT2D eigenvalue weighted by Gasteiger charge is -2.24. The number of benzene rings is 2. The third kappa shape index (κ3) is 3.69. The Hall–Kier alpha value is -3.80. The van der Waals surface area contributed by atoms with Crippen molar-refractivity contribution in [2.45, 2.75) is 44.6 Å². The molecule has 6 heteroatoms. The molecule has 5 aromatic rings. The number of aryl methyl sites for hydroxylation is 1. The Labute approximate surface area is 197 Å². The van der Waals surface area contributed by atoms with Gasteiger partial charge in [0.25, 0.3) is 5.56 Å². The second kappa shape index (κ2) is 8.52. The maximum atomic E-state index is 13.6. The van der Waals surface area contributed by atoms with Crippen LogP contribution in [0.5, 0.6) is 0 Å². The van der Waals surface area contributed by atoms with Gasteiger partial charge in [-0.2, -0.15) is 5.10 Å². The van der Waals surface area contributed by atoms with E-state index in [1.54, 1.807) is 11.0 Å². The second-order valence-electron chi connectivity index (χ2n) is 9.36. The van der Waals surface area contributed by atoms with Gasteiger partial charge < -0.3 is 0 Å². The molecule has 0 radical (unpaired) electrons. The van der Waals surface area contributed by atoms with Crippen molar-refractivity contribution in [1.82, 2.24) is 24.3 Å². The van der Waals surface area contributed by atoms with Gasteiger partial charge in [-0.3, -0.25) is 19.0 Å². The highest BCUT2D eigenvalue weighted by Gasteiger charge is 2.19. The lowest BCUT2D eigenvalue weighted by Crippen LogP contribution is -2.26. The minimum Gasteiger partial charge on any atom is -0.296 e. The number of rotatable bonds is 4. The lowest BCUT2D eigenvalue weighted by atomic mass is 9.94. The van der Waals surface area contributed by atoms with E-state index < -0.39 is 0 Å². The summed E-state index contributed by atoms with van der Waals surface area (Å²) in [6, 6.07) is 14.7. The number of hydrogen-bond donors (Lipinski definition) is 0. The summed E-state index contributed by atoms with van der Waals surface area (Å²) >= 11 is 0. The molecule has 1 aliphatic carbocycles. The van der Waals surface area contributed by atoms with E-state index in [0.29, 0.717) is 11.8 Å². The van der Waals surface area contributed by atoms with Gasteiger partial charge in [-0.05, 0) is 47.9 Å². The predicted octanol–water partition coefficient (Wildman–Crippen LogP) is 5.44. The Bertz CT molecular complexity index is 1540. The van der Waals surface area contributed by atoms with Crippen molar-refractivity contribution in [3.05, 3.63) is 88.9 Å². The van der Waals surface area contributed by atoms with Gasteiger partial charge in [0.2, 0.25) is 0 Å². The Morgan fingerprint density at radius 3 is 2.50 bits per heavy atom. The van der Waals surface area contributed by atoms with Crippen molar-refractivity contribution in [2.75, 3.05) is 0 Å². The number of pyridine rings is 1. The number of fused-ring (bicyclic) bond motifs is 3. The summed E-state index contributed by atoms with van der Waals surface area (Å²) in [5.41, 5.74) is 5.00. The molecule has 34 heavy (non-hydrogen) atoms. The average molecular weight is 450 g/mol. The highest BCUT2D eigenvalue weighted by molar-refractivity contribution is 6.06. The van der Waals surface area contributed by atoms with Crippen LogP contribution in [-0.2, 0) is 13.5 Å². The molecule has 0 saturated heterocycles. The normalized spacial score (nSPS) is 14.7. The molecule has 0 spiro atoms. The summed E-state index contributed by atoms with van der Waals surface area (Å²) in [5.74, 6) is 0. The maximum Gasteiger partial charge on any atom is 0.261 e. The standard InChI is InChI=1S/C28H27N5O/c1-32-17-21(16-31-32)26-12-11-19(15-29-26)13-20-14-25-27(24-10-6-5-9-23(20)24)30-18-33(28(25)34)22-7-3-2-4-8-22/h5-6,9-12,14-18,22H,2-4,7-8,13H2,1H3. The number of nitrogens with zero attached hydrogens (tertiary/aromatic N) is 5. The van der Waals surface area contributed by atoms with Crippen molar-refractivity contribution in [2.24, 2.45) is 7.05 Å². The minimum atomic E-state index is 0.0777. The van der Waals surface area contributed by atoms with Gasteiger partial charge in [0, 0.05) is 36.4 Å². The highest BCUT2D eigenvalue weighted by atomic mass is 16.1. The molecular formula is C28H27N5O. The molecule has 0 aliphatic heterocycles. The molecule has 6 rings (SSSR count). The first kappa shape index (κ1) is 20.8. The zero-order valence-corrected chi connectivity index (χ0v) is 19.3. The van der Waals surface area contributed by atoms with Crippen LogP contribution in [0.25, 0.3) is 32.9 Å². The van der Waals surface area contributed by atoms with Crippen LogP contribution in [-0.4, -0.2) is 24.3 Å². The van der Waals surface area contributed by atoms with E-state index in [0.717, 1.165) is 51.5 Å². The molecule has 0 unspecified atom stereocenters. The largest absolute Gasteiger partial charge is 0.296 e. The van der Waals surface area contributed by atoms with Gasteiger partial charge in [0.05, 0.1) is 29.1 Å². The number of hydrogen-bond acceptors (Lipinski definition) is 4. The zero-order valence-electron chi connectivity index (χ0n) is 19.3. The molecule has 0 N–H and O–H groups in total. The first-order valence-corrected chi connectivity index (χ1v) is 12.0. The van der Waals surface area contributed by atoms with Crippen molar-refractivity contribution in [3.8, 4) is 11.3 Å². The summed E-state index contributed by atoms with van der Waals surface area (Å²) < 4.78 is 3.66. The first-order chi connectivity index (χ1) is 16.7. The Kier molecular flexibility index (Phi) is 5.21. The summed E-state index contributed by atoms with van der Waals surface area (Å²) in [5, 5.41) is 7.11. The molecule has 0 bridgehead atoms. The van der Waals surface area contributed by atoms with Gasteiger partial charge in [0.15, 0.2) is 0 Å². The van der Waals surface area contributed by atoms with E-state index in [-0.39, 0.29) is 11.6 Å².